The lowest BCUT2D eigenvalue weighted by atomic mass is 10.1. The van der Waals surface area contributed by atoms with E-state index in [9.17, 15) is 4.79 Å². The molecule has 1 fully saturated rings. The molecule has 1 aliphatic rings. The third-order valence-corrected chi connectivity index (χ3v) is 3.45. The minimum absolute atomic E-state index is 0.244. The highest BCUT2D eigenvalue weighted by Gasteiger charge is 2.15. The predicted octanol–water partition coefficient (Wildman–Crippen LogP) is 2.57. The van der Waals surface area contributed by atoms with Crippen molar-refractivity contribution in [1.82, 2.24) is 4.90 Å². The summed E-state index contributed by atoms with van der Waals surface area (Å²) >= 11 is 2.25. The first-order valence-electron chi connectivity index (χ1n) is 5.27. The lowest BCUT2D eigenvalue weighted by molar-refractivity contribution is 0.0945. The number of carbonyl (C=O) groups excluding carboxylic acids is 1. The van der Waals surface area contributed by atoms with Gasteiger partial charge in [0.05, 0.1) is 6.54 Å². The normalized spacial score (nSPS) is 16.9. The van der Waals surface area contributed by atoms with E-state index in [4.69, 9.17) is 0 Å². The first kappa shape index (κ1) is 11.1. The number of halogens is 1. The number of ketones is 1. The molecule has 1 aromatic rings. The maximum atomic E-state index is 11.9. The van der Waals surface area contributed by atoms with E-state index >= 15 is 0 Å². The fourth-order valence-corrected chi connectivity index (χ4v) is 2.23. The Morgan fingerprint density at radius 1 is 1.20 bits per heavy atom. The Kier molecular flexibility index (Phi) is 3.75. The molecule has 0 amide bonds. The van der Waals surface area contributed by atoms with Crippen molar-refractivity contribution in [3.8, 4) is 0 Å². The van der Waals surface area contributed by atoms with Gasteiger partial charge in [0.25, 0.3) is 0 Å². The van der Waals surface area contributed by atoms with Crippen molar-refractivity contribution in [3.05, 3.63) is 33.4 Å². The number of nitrogens with zero attached hydrogens (tertiary/aromatic N) is 1. The van der Waals surface area contributed by atoms with Crippen LogP contribution >= 0.6 is 22.6 Å². The Balaban J connectivity index is 1.98. The largest absolute Gasteiger partial charge is 0.296 e. The highest BCUT2D eigenvalue weighted by molar-refractivity contribution is 14.1. The number of carbonyl (C=O) groups is 1. The van der Waals surface area contributed by atoms with Gasteiger partial charge >= 0.3 is 0 Å². The summed E-state index contributed by atoms with van der Waals surface area (Å²) in [5.74, 6) is 0.244. The summed E-state index contributed by atoms with van der Waals surface area (Å²) in [4.78, 5) is 14.1. The van der Waals surface area contributed by atoms with Gasteiger partial charge in [-0.05, 0) is 60.7 Å². The Hall–Kier alpha value is -0.420. The Bertz CT molecular complexity index is 341. The van der Waals surface area contributed by atoms with Gasteiger partial charge in [-0.2, -0.15) is 0 Å². The van der Waals surface area contributed by atoms with Crippen LogP contribution in [-0.4, -0.2) is 30.3 Å². The molecule has 1 heterocycles. The minimum atomic E-state index is 0.244. The summed E-state index contributed by atoms with van der Waals surface area (Å²) < 4.78 is 1.17. The van der Waals surface area contributed by atoms with Crippen molar-refractivity contribution in [3.63, 3.8) is 0 Å². The van der Waals surface area contributed by atoms with Crippen LogP contribution in [0.5, 0.6) is 0 Å². The number of Topliss-reactive ketones (excluding diaryl/α,β-unsaturated/α-hetero) is 1. The van der Waals surface area contributed by atoms with E-state index in [1.165, 1.54) is 16.4 Å². The average Bonchev–Trinajstić information content (AvgIpc) is 2.71. The predicted molar refractivity (Wildman–Crippen MR) is 69.2 cm³/mol. The smallest absolute Gasteiger partial charge is 0.176 e. The van der Waals surface area contributed by atoms with Gasteiger partial charge in [0.15, 0.2) is 5.78 Å². The van der Waals surface area contributed by atoms with E-state index in [0.717, 1.165) is 18.7 Å². The van der Waals surface area contributed by atoms with E-state index in [2.05, 4.69) is 27.5 Å². The van der Waals surface area contributed by atoms with Crippen LogP contribution in [-0.2, 0) is 0 Å². The van der Waals surface area contributed by atoms with Crippen LogP contribution < -0.4 is 0 Å². The van der Waals surface area contributed by atoms with Gasteiger partial charge in [-0.1, -0.05) is 12.1 Å². The molecule has 2 nitrogen and oxygen atoms in total. The fourth-order valence-electron chi connectivity index (χ4n) is 1.87. The molecule has 1 aliphatic heterocycles. The quantitative estimate of drug-likeness (QED) is 0.631. The van der Waals surface area contributed by atoms with Crippen molar-refractivity contribution in [1.29, 1.82) is 0 Å². The molecule has 0 aromatic heterocycles. The van der Waals surface area contributed by atoms with E-state index in [0.29, 0.717) is 6.54 Å². The highest BCUT2D eigenvalue weighted by Crippen LogP contribution is 2.11. The molecule has 3 heteroatoms. The maximum Gasteiger partial charge on any atom is 0.176 e. The molecule has 80 valence electrons. The Morgan fingerprint density at radius 2 is 1.80 bits per heavy atom. The molecule has 1 saturated heterocycles. The van der Waals surface area contributed by atoms with Gasteiger partial charge in [-0.15, -0.1) is 0 Å². The number of likely N-dealkylation sites (tertiary alicyclic amines) is 1. The van der Waals surface area contributed by atoms with Crippen molar-refractivity contribution in [2.24, 2.45) is 0 Å². The summed E-state index contributed by atoms with van der Waals surface area (Å²) in [7, 11) is 0. The summed E-state index contributed by atoms with van der Waals surface area (Å²) in [5, 5.41) is 0. The van der Waals surface area contributed by atoms with Gasteiger partial charge in [0.2, 0.25) is 0 Å². The zero-order valence-electron chi connectivity index (χ0n) is 8.58. The molecule has 15 heavy (non-hydrogen) atoms. The van der Waals surface area contributed by atoms with Crippen LogP contribution in [0.1, 0.15) is 23.2 Å². The molecule has 0 saturated carbocycles. The van der Waals surface area contributed by atoms with Gasteiger partial charge in [-0.25, -0.2) is 0 Å². The number of rotatable bonds is 3. The molecule has 0 bridgehead atoms. The Morgan fingerprint density at radius 3 is 2.40 bits per heavy atom. The summed E-state index contributed by atoms with van der Waals surface area (Å²) in [6, 6.07) is 7.80. The lowest BCUT2D eigenvalue weighted by Gasteiger charge is -2.12. The minimum Gasteiger partial charge on any atom is -0.296 e. The van der Waals surface area contributed by atoms with E-state index in [1.807, 2.05) is 24.3 Å². The van der Waals surface area contributed by atoms with Crippen molar-refractivity contribution in [2.75, 3.05) is 19.6 Å². The number of hydrogen-bond donors (Lipinski definition) is 0. The van der Waals surface area contributed by atoms with Gasteiger partial charge in [-0.3, -0.25) is 9.69 Å². The number of hydrogen-bond acceptors (Lipinski definition) is 2. The molecular formula is C12H14INO. The lowest BCUT2D eigenvalue weighted by Crippen LogP contribution is -2.26. The van der Waals surface area contributed by atoms with Gasteiger partial charge in [0, 0.05) is 9.13 Å². The summed E-state index contributed by atoms with van der Waals surface area (Å²) in [6.45, 7) is 2.74. The van der Waals surface area contributed by atoms with Crippen molar-refractivity contribution in [2.45, 2.75) is 12.8 Å². The highest BCUT2D eigenvalue weighted by atomic mass is 127. The standard InChI is InChI=1S/C12H14INO/c13-11-5-3-10(4-6-11)12(15)9-14-7-1-2-8-14/h3-6H,1-2,7-9H2. The molecule has 0 unspecified atom stereocenters. The Labute approximate surface area is 104 Å². The van der Waals surface area contributed by atoms with Crippen molar-refractivity contribution >= 4 is 28.4 Å². The van der Waals surface area contributed by atoms with E-state index in [-0.39, 0.29) is 5.78 Å². The van der Waals surface area contributed by atoms with Crippen LogP contribution in [0.25, 0.3) is 0 Å². The molecule has 1 aromatic carbocycles. The first-order chi connectivity index (χ1) is 7.25. The topological polar surface area (TPSA) is 20.3 Å². The van der Waals surface area contributed by atoms with E-state index in [1.54, 1.807) is 0 Å². The second-order valence-electron chi connectivity index (χ2n) is 3.91. The molecule has 0 atom stereocenters. The third-order valence-electron chi connectivity index (χ3n) is 2.73. The monoisotopic (exact) mass is 315 g/mol. The molecular weight excluding hydrogens is 301 g/mol. The third kappa shape index (κ3) is 3.01. The molecule has 0 spiro atoms. The van der Waals surface area contributed by atoms with Gasteiger partial charge in [0.1, 0.15) is 0 Å². The second-order valence-corrected chi connectivity index (χ2v) is 5.16. The molecule has 0 radical (unpaired) electrons. The zero-order chi connectivity index (χ0) is 10.7. The molecule has 0 N–H and O–H groups in total. The molecule has 0 aliphatic carbocycles. The number of benzene rings is 1. The van der Waals surface area contributed by atoms with Gasteiger partial charge < -0.3 is 0 Å². The van der Waals surface area contributed by atoms with Crippen LogP contribution in [0.2, 0.25) is 0 Å². The fraction of sp³-hybridized carbons (Fsp3) is 0.417. The SMILES string of the molecule is O=C(CN1CCCC1)c1ccc(I)cc1. The van der Waals surface area contributed by atoms with E-state index < -0.39 is 0 Å². The second kappa shape index (κ2) is 5.07. The molecule has 2 rings (SSSR count). The van der Waals surface area contributed by atoms with Crippen molar-refractivity contribution < 1.29 is 4.79 Å². The van der Waals surface area contributed by atoms with Crippen LogP contribution in [0.15, 0.2) is 24.3 Å². The van der Waals surface area contributed by atoms with Crippen LogP contribution in [0.3, 0.4) is 0 Å². The average molecular weight is 315 g/mol. The van der Waals surface area contributed by atoms with Crippen LogP contribution in [0, 0.1) is 3.57 Å². The first-order valence-corrected chi connectivity index (χ1v) is 6.35. The zero-order valence-corrected chi connectivity index (χ0v) is 10.7. The summed E-state index contributed by atoms with van der Waals surface area (Å²) in [6.07, 6.45) is 2.47. The van der Waals surface area contributed by atoms with Crippen LogP contribution in [0.4, 0.5) is 0 Å². The summed E-state index contributed by atoms with van der Waals surface area (Å²) in [5.41, 5.74) is 0.835. The maximum absolute atomic E-state index is 11.9.